The Balaban J connectivity index is 1.65. The van der Waals surface area contributed by atoms with Gasteiger partial charge in [0.15, 0.2) is 5.60 Å². The van der Waals surface area contributed by atoms with Crippen molar-refractivity contribution in [1.29, 1.82) is 0 Å². The maximum absolute atomic E-state index is 14.6. The number of hydrogen-bond acceptors (Lipinski definition) is 7. The smallest absolute Gasteiger partial charge is 0.342 e. The quantitative estimate of drug-likeness (QED) is 0.351. The predicted molar refractivity (Wildman–Crippen MR) is 132 cm³/mol. The summed E-state index contributed by atoms with van der Waals surface area (Å²) in [5.74, 6) is -2.10. The minimum atomic E-state index is -1.88. The molecule has 0 aromatic heterocycles. The third-order valence-corrected chi connectivity index (χ3v) is 8.26. The number of nitrogens with two attached hydrogens (primary N) is 1. The normalized spacial score (nSPS) is 29.1. The van der Waals surface area contributed by atoms with Crippen LogP contribution in [0, 0.1) is 12.7 Å². The van der Waals surface area contributed by atoms with Crippen LogP contribution in [-0.2, 0) is 25.5 Å². The lowest BCUT2D eigenvalue weighted by atomic mass is 9.76. The van der Waals surface area contributed by atoms with Crippen LogP contribution in [0.1, 0.15) is 42.9 Å². The zero-order valence-corrected chi connectivity index (χ0v) is 20.8. The first-order valence-electron chi connectivity index (χ1n) is 12.4. The summed E-state index contributed by atoms with van der Waals surface area (Å²) in [6.07, 6.45) is 1.19. The Morgan fingerprint density at radius 1 is 1.38 bits per heavy atom. The van der Waals surface area contributed by atoms with Gasteiger partial charge >= 0.3 is 5.97 Å². The molecule has 4 aliphatic rings. The van der Waals surface area contributed by atoms with Gasteiger partial charge in [-0.15, -0.1) is 0 Å². The summed E-state index contributed by atoms with van der Waals surface area (Å²) < 4.78 is 19.7. The number of carbonyl (C=O) groups is 3. The van der Waals surface area contributed by atoms with Crippen molar-refractivity contribution in [2.45, 2.75) is 57.2 Å². The van der Waals surface area contributed by atoms with Crippen LogP contribution in [-0.4, -0.2) is 70.3 Å². The maximum atomic E-state index is 14.6. The molecule has 3 heterocycles. The Labute approximate surface area is 213 Å². The van der Waals surface area contributed by atoms with Crippen LogP contribution in [0.3, 0.4) is 0 Å². The van der Waals surface area contributed by atoms with Crippen molar-refractivity contribution in [3.63, 3.8) is 0 Å². The van der Waals surface area contributed by atoms with Gasteiger partial charge in [0.1, 0.15) is 19.0 Å². The number of fused-ring (bicyclic) bond motifs is 2. The molecule has 0 bridgehead atoms. The average Bonchev–Trinajstić information content (AvgIpc) is 3.21. The summed E-state index contributed by atoms with van der Waals surface area (Å²) >= 11 is 0. The molecule has 5 rings (SSSR count). The number of nitrogen functional groups attached to an aromatic ring is 1. The molecule has 0 spiro atoms. The molecule has 0 saturated carbocycles. The first-order chi connectivity index (χ1) is 17.5. The summed E-state index contributed by atoms with van der Waals surface area (Å²) in [6.45, 7) is 6.88. The minimum absolute atomic E-state index is 0.0646. The third kappa shape index (κ3) is 3.61. The second kappa shape index (κ2) is 8.81. The van der Waals surface area contributed by atoms with Crippen molar-refractivity contribution in [2.75, 3.05) is 25.5 Å². The molecular formula is C27H30FN3O6. The van der Waals surface area contributed by atoms with Crippen molar-refractivity contribution < 1.29 is 33.7 Å². The number of aliphatic hydroxyl groups is 2. The molecule has 2 unspecified atom stereocenters. The van der Waals surface area contributed by atoms with Crippen molar-refractivity contribution >= 4 is 29.0 Å². The molecular weight excluding hydrogens is 481 g/mol. The number of nitrogens with one attached hydrogen (secondary N) is 1. The number of cyclic esters (lactones) is 1. The summed E-state index contributed by atoms with van der Waals surface area (Å²) in [7, 11) is 0. The van der Waals surface area contributed by atoms with Gasteiger partial charge in [0.25, 0.3) is 5.91 Å². The first-order valence-corrected chi connectivity index (χ1v) is 12.4. The van der Waals surface area contributed by atoms with Gasteiger partial charge in [-0.25, -0.2) is 9.18 Å². The molecule has 5 N–H and O–H groups in total. The fourth-order valence-corrected chi connectivity index (χ4v) is 6.21. The van der Waals surface area contributed by atoms with E-state index in [1.165, 1.54) is 6.07 Å². The maximum Gasteiger partial charge on any atom is 0.342 e. The van der Waals surface area contributed by atoms with E-state index in [9.17, 15) is 29.0 Å². The molecule has 3 aliphatic heterocycles. The average molecular weight is 512 g/mol. The number of esters is 1. The number of anilines is 1. The molecule has 10 heteroatoms. The van der Waals surface area contributed by atoms with Crippen molar-refractivity contribution in [3.05, 3.63) is 57.4 Å². The lowest BCUT2D eigenvalue weighted by Gasteiger charge is -2.41. The van der Waals surface area contributed by atoms with Gasteiger partial charge in [-0.2, -0.15) is 0 Å². The number of halogens is 1. The second-order valence-corrected chi connectivity index (χ2v) is 10.1. The number of hydrogen-bond donors (Lipinski definition) is 4. The number of aliphatic hydroxyl groups excluding tert-OH is 1. The van der Waals surface area contributed by atoms with Gasteiger partial charge in [-0.3, -0.25) is 9.59 Å². The summed E-state index contributed by atoms with van der Waals surface area (Å²) in [5.41, 5.74) is 9.04. The van der Waals surface area contributed by atoms with Crippen LogP contribution >= 0.6 is 0 Å². The topological polar surface area (TPSA) is 142 Å². The van der Waals surface area contributed by atoms with E-state index in [0.29, 0.717) is 46.3 Å². The highest BCUT2D eigenvalue weighted by molar-refractivity contribution is 6.02. The summed E-state index contributed by atoms with van der Waals surface area (Å²) in [6, 6.07) is 0.203. The standard InChI is InChI=1S/C27H30FN3O6/c1-4-27(36)17-7-21-13(3)15(9-31(21)25(34)16(17)11-37-26(27)35)24-20(30-22(33)10-32)6-5-14-12(2)18(28)8-19(29)23(14)24/h8,20-21,32,36H,3-7,9-11,29H2,1-2H3,(H,30,33)/b24-15-/t20?,21?,27-/m0/s1. The van der Waals surface area contributed by atoms with Gasteiger partial charge in [0, 0.05) is 17.8 Å². The van der Waals surface area contributed by atoms with Crippen LogP contribution in [0.2, 0.25) is 0 Å². The number of carbonyl (C=O) groups excluding carboxylic acids is 3. The monoisotopic (exact) mass is 511 g/mol. The highest BCUT2D eigenvalue weighted by Gasteiger charge is 2.53. The Bertz CT molecular complexity index is 1330. The Morgan fingerprint density at radius 3 is 2.78 bits per heavy atom. The molecule has 1 saturated heterocycles. The van der Waals surface area contributed by atoms with Crippen LogP contribution in [0.25, 0.3) is 5.57 Å². The van der Waals surface area contributed by atoms with E-state index in [2.05, 4.69) is 11.9 Å². The molecule has 1 aromatic carbocycles. The van der Waals surface area contributed by atoms with Crippen LogP contribution < -0.4 is 11.1 Å². The molecule has 2 amide bonds. The Hall–Kier alpha value is -3.50. The molecule has 0 radical (unpaired) electrons. The van der Waals surface area contributed by atoms with Gasteiger partial charge < -0.3 is 30.9 Å². The molecule has 9 nitrogen and oxygen atoms in total. The van der Waals surface area contributed by atoms with Gasteiger partial charge in [0.2, 0.25) is 5.91 Å². The van der Waals surface area contributed by atoms with E-state index in [4.69, 9.17) is 10.5 Å². The van der Waals surface area contributed by atoms with Crippen LogP contribution in [0.4, 0.5) is 10.1 Å². The zero-order valence-electron chi connectivity index (χ0n) is 20.8. The number of rotatable bonds is 3. The van der Waals surface area contributed by atoms with Gasteiger partial charge in [0.05, 0.1) is 17.7 Å². The van der Waals surface area contributed by atoms with E-state index < -0.39 is 42.0 Å². The van der Waals surface area contributed by atoms with Crippen LogP contribution in [0.15, 0.2) is 34.9 Å². The fraction of sp³-hybridized carbons (Fsp3) is 0.444. The number of benzene rings is 1. The van der Waals surface area contributed by atoms with Crippen molar-refractivity contribution in [1.82, 2.24) is 10.2 Å². The van der Waals surface area contributed by atoms with Gasteiger partial charge in [-0.1, -0.05) is 13.5 Å². The molecule has 196 valence electrons. The minimum Gasteiger partial charge on any atom is -0.458 e. The lowest BCUT2D eigenvalue weighted by Crippen LogP contribution is -2.53. The lowest BCUT2D eigenvalue weighted by molar-refractivity contribution is -0.165. The molecule has 3 atom stereocenters. The van der Waals surface area contributed by atoms with E-state index >= 15 is 0 Å². The van der Waals surface area contributed by atoms with Gasteiger partial charge in [-0.05, 0) is 72.1 Å². The molecule has 37 heavy (non-hydrogen) atoms. The number of nitrogens with zero attached hydrogens (tertiary/aromatic N) is 1. The SMILES string of the molecule is C=C1/C(=C2\c3c(N)cc(F)c(C)c3CCC2NC(=O)CO)CN2C(=O)C3=C(CC12)[C@@](O)(CC)C(=O)OC3. The summed E-state index contributed by atoms with van der Waals surface area (Å²) in [5, 5.41) is 23.3. The van der Waals surface area contributed by atoms with E-state index in [1.807, 2.05) is 0 Å². The molecule has 1 fully saturated rings. The van der Waals surface area contributed by atoms with E-state index in [1.54, 1.807) is 18.7 Å². The second-order valence-electron chi connectivity index (χ2n) is 10.1. The van der Waals surface area contributed by atoms with Crippen molar-refractivity contribution in [3.8, 4) is 0 Å². The number of ether oxygens (including phenoxy) is 1. The van der Waals surface area contributed by atoms with Crippen LogP contribution in [0.5, 0.6) is 0 Å². The molecule has 1 aromatic rings. The Kier molecular flexibility index (Phi) is 5.99. The van der Waals surface area contributed by atoms with E-state index in [-0.39, 0.29) is 43.2 Å². The zero-order chi connectivity index (χ0) is 26.8. The van der Waals surface area contributed by atoms with Crippen molar-refractivity contribution in [2.24, 2.45) is 0 Å². The number of amides is 2. The summed E-state index contributed by atoms with van der Waals surface area (Å²) in [4.78, 5) is 39.8. The van der Waals surface area contributed by atoms with E-state index in [0.717, 1.165) is 5.56 Å². The fourth-order valence-electron chi connectivity index (χ4n) is 6.21. The highest BCUT2D eigenvalue weighted by Crippen LogP contribution is 2.48. The third-order valence-electron chi connectivity index (χ3n) is 8.26. The largest absolute Gasteiger partial charge is 0.458 e. The Morgan fingerprint density at radius 2 is 2.11 bits per heavy atom. The molecule has 1 aliphatic carbocycles. The highest BCUT2D eigenvalue weighted by atomic mass is 19.1. The first kappa shape index (κ1) is 25.2. The predicted octanol–water partition coefficient (Wildman–Crippen LogP) is 1.06.